The molecule has 0 bridgehead atoms. The summed E-state index contributed by atoms with van der Waals surface area (Å²) in [5, 5.41) is 3.92. The van der Waals surface area contributed by atoms with Crippen LogP contribution in [-0.2, 0) is 14.3 Å². The topological polar surface area (TPSA) is 86.2 Å². The van der Waals surface area contributed by atoms with Gasteiger partial charge in [-0.25, -0.2) is 10.2 Å². The van der Waals surface area contributed by atoms with E-state index in [2.05, 4.69) is 10.5 Å². The van der Waals surface area contributed by atoms with E-state index in [1.807, 2.05) is 47.8 Å². The normalized spacial score (nSPS) is 13.8. The van der Waals surface area contributed by atoms with E-state index in [9.17, 15) is 9.59 Å². The van der Waals surface area contributed by atoms with E-state index in [1.165, 1.54) is 23.3 Å². The maximum Gasteiger partial charge on any atom is 0.344 e. The molecule has 0 aliphatic carbocycles. The second-order valence-corrected chi connectivity index (χ2v) is 9.11. The van der Waals surface area contributed by atoms with Gasteiger partial charge in [0.1, 0.15) is 11.5 Å². The van der Waals surface area contributed by atoms with Gasteiger partial charge in [-0.15, -0.1) is 23.5 Å². The first-order valence-corrected chi connectivity index (χ1v) is 11.9. The molecule has 31 heavy (non-hydrogen) atoms. The monoisotopic (exact) mass is 460 g/mol. The molecule has 9 heteroatoms. The number of rotatable bonds is 10. The molecule has 164 valence electrons. The van der Waals surface area contributed by atoms with Gasteiger partial charge in [0.2, 0.25) is 0 Å². The Morgan fingerprint density at radius 2 is 1.61 bits per heavy atom. The molecule has 7 nitrogen and oxygen atoms in total. The van der Waals surface area contributed by atoms with E-state index in [1.54, 1.807) is 31.2 Å². The van der Waals surface area contributed by atoms with Gasteiger partial charge < -0.3 is 14.2 Å². The number of benzene rings is 2. The van der Waals surface area contributed by atoms with E-state index < -0.39 is 5.97 Å². The number of amides is 1. The fourth-order valence-corrected chi connectivity index (χ4v) is 5.49. The molecule has 1 saturated heterocycles. The standard InChI is InChI=1S/C22H24N2O5S2/c1-2-27-21(26)15-29-18-7-3-16(4-8-18)13-23-24-20(25)14-28-19-9-5-17(6-10-19)22-30-11-12-31-22/h3-10,13,22H,2,11-12,14-15H2,1H3,(H,24,25)/b23-13-. The SMILES string of the molecule is CCOC(=O)COc1ccc(/C=N\NC(=O)COc2ccc(C3SCCS3)cc2)cc1. The Morgan fingerprint density at radius 1 is 1.00 bits per heavy atom. The molecule has 2 aromatic rings. The van der Waals surface area contributed by atoms with E-state index >= 15 is 0 Å². The quantitative estimate of drug-likeness (QED) is 0.329. The molecule has 1 fully saturated rings. The van der Waals surface area contributed by atoms with Gasteiger partial charge in [0.05, 0.1) is 17.4 Å². The molecule has 1 aliphatic rings. The molecule has 1 heterocycles. The fourth-order valence-electron chi connectivity index (χ4n) is 2.63. The van der Waals surface area contributed by atoms with Gasteiger partial charge in [0.25, 0.3) is 5.91 Å². The molecule has 0 atom stereocenters. The largest absolute Gasteiger partial charge is 0.484 e. The van der Waals surface area contributed by atoms with Crippen LogP contribution in [-0.4, -0.2) is 49.4 Å². The first-order valence-electron chi connectivity index (χ1n) is 9.80. The zero-order valence-corrected chi connectivity index (χ0v) is 18.7. The van der Waals surface area contributed by atoms with Gasteiger partial charge >= 0.3 is 5.97 Å². The van der Waals surface area contributed by atoms with Gasteiger partial charge in [-0.05, 0) is 54.4 Å². The molecule has 2 aromatic carbocycles. The Bertz CT molecular complexity index is 882. The molecule has 0 radical (unpaired) electrons. The third-order valence-corrected chi connectivity index (χ3v) is 7.19. The van der Waals surface area contributed by atoms with E-state index in [-0.39, 0.29) is 19.1 Å². The molecule has 0 aromatic heterocycles. The third-order valence-electron chi connectivity index (χ3n) is 4.09. The maximum atomic E-state index is 11.9. The highest BCUT2D eigenvalue weighted by Gasteiger charge is 2.17. The summed E-state index contributed by atoms with van der Waals surface area (Å²) < 4.78 is 16.1. The number of hydrogen-bond donors (Lipinski definition) is 1. The van der Waals surface area contributed by atoms with Crippen LogP contribution >= 0.6 is 23.5 Å². The highest BCUT2D eigenvalue weighted by atomic mass is 32.2. The van der Waals surface area contributed by atoms with Crippen molar-refractivity contribution in [1.29, 1.82) is 0 Å². The lowest BCUT2D eigenvalue weighted by molar-refractivity contribution is -0.145. The van der Waals surface area contributed by atoms with Crippen LogP contribution in [0.2, 0.25) is 0 Å². The lowest BCUT2D eigenvalue weighted by Crippen LogP contribution is -2.24. The Hall–Kier alpha value is -2.65. The van der Waals surface area contributed by atoms with Crippen molar-refractivity contribution in [3.63, 3.8) is 0 Å². The third kappa shape index (κ3) is 7.84. The highest BCUT2D eigenvalue weighted by molar-refractivity contribution is 8.19. The van der Waals surface area contributed by atoms with Crippen LogP contribution in [0.4, 0.5) is 0 Å². The molecule has 1 amide bonds. The molecule has 0 spiro atoms. The molecular weight excluding hydrogens is 436 g/mol. The summed E-state index contributed by atoms with van der Waals surface area (Å²) in [7, 11) is 0. The second kappa shape index (κ2) is 12.3. The first kappa shape index (κ1) is 23.0. The number of nitrogens with zero attached hydrogens (tertiary/aromatic N) is 1. The van der Waals surface area contributed by atoms with Crippen molar-refractivity contribution in [2.45, 2.75) is 11.5 Å². The van der Waals surface area contributed by atoms with E-state index in [0.717, 1.165) is 5.56 Å². The minimum absolute atomic E-state index is 0.121. The van der Waals surface area contributed by atoms with Gasteiger partial charge in [0.15, 0.2) is 13.2 Å². The lowest BCUT2D eigenvalue weighted by Gasteiger charge is -2.10. The number of esters is 1. The number of carbonyl (C=O) groups is 2. The minimum atomic E-state index is -0.416. The Morgan fingerprint density at radius 3 is 2.26 bits per heavy atom. The van der Waals surface area contributed by atoms with Crippen molar-refractivity contribution in [1.82, 2.24) is 5.43 Å². The zero-order valence-electron chi connectivity index (χ0n) is 17.1. The lowest BCUT2D eigenvalue weighted by atomic mass is 10.2. The summed E-state index contributed by atoms with van der Waals surface area (Å²) in [6.07, 6.45) is 1.51. The average Bonchev–Trinajstić information content (AvgIpc) is 3.33. The number of thioether (sulfide) groups is 2. The number of carbonyl (C=O) groups excluding carboxylic acids is 2. The van der Waals surface area contributed by atoms with Gasteiger partial charge in [0, 0.05) is 11.5 Å². The molecule has 0 saturated carbocycles. The van der Waals surface area contributed by atoms with Gasteiger partial charge in [-0.2, -0.15) is 5.10 Å². The summed E-state index contributed by atoms with van der Waals surface area (Å²) in [5.74, 6) is 2.79. The van der Waals surface area contributed by atoms with Crippen LogP contribution in [0, 0.1) is 0 Å². The first-order chi connectivity index (χ1) is 15.1. The molecule has 1 aliphatic heterocycles. The van der Waals surface area contributed by atoms with Crippen LogP contribution in [0.5, 0.6) is 11.5 Å². The zero-order chi connectivity index (χ0) is 21.9. The van der Waals surface area contributed by atoms with Crippen molar-refractivity contribution >= 4 is 41.6 Å². The Balaban J connectivity index is 1.37. The summed E-state index contributed by atoms with van der Waals surface area (Å²) >= 11 is 3.90. The number of hydrazone groups is 1. The molecular formula is C22H24N2O5S2. The van der Waals surface area contributed by atoms with Crippen molar-refractivity contribution < 1.29 is 23.8 Å². The predicted molar refractivity (Wildman–Crippen MR) is 124 cm³/mol. The fraction of sp³-hybridized carbons (Fsp3) is 0.318. The minimum Gasteiger partial charge on any atom is -0.484 e. The smallest absolute Gasteiger partial charge is 0.344 e. The van der Waals surface area contributed by atoms with Crippen molar-refractivity contribution in [2.75, 3.05) is 31.3 Å². The number of ether oxygens (including phenoxy) is 3. The Labute approximate surface area is 189 Å². The molecule has 3 rings (SSSR count). The average molecular weight is 461 g/mol. The van der Waals surface area contributed by atoms with Crippen LogP contribution in [0.25, 0.3) is 0 Å². The summed E-state index contributed by atoms with van der Waals surface area (Å²) in [4.78, 5) is 23.2. The van der Waals surface area contributed by atoms with Crippen molar-refractivity contribution in [3.8, 4) is 11.5 Å². The van der Waals surface area contributed by atoms with Crippen molar-refractivity contribution in [2.24, 2.45) is 5.10 Å². The molecule has 1 N–H and O–H groups in total. The van der Waals surface area contributed by atoms with Gasteiger partial charge in [-0.3, -0.25) is 4.79 Å². The number of nitrogens with one attached hydrogen (secondary N) is 1. The van der Waals surface area contributed by atoms with E-state index in [0.29, 0.717) is 22.7 Å². The molecule has 0 unspecified atom stereocenters. The maximum absolute atomic E-state index is 11.9. The van der Waals surface area contributed by atoms with Crippen LogP contribution < -0.4 is 14.9 Å². The predicted octanol–water partition coefficient (Wildman–Crippen LogP) is 3.64. The summed E-state index contributed by atoms with van der Waals surface area (Å²) in [5.41, 5.74) is 4.47. The number of hydrogen-bond acceptors (Lipinski definition) is 8. The summed E-state index contributed by atoms with van der Waals surface area (Å²) in [6, 6.07) is 14.8. The van der Waals surface area contributed by atoms with E-state index in [4.69, 9.17) is 14.2 Å². The van der Waals surface area contributed by atoms with Gasteiger partial charge in [-0.1, -0.05) is 12.1 Å². The van der Waals surface area contributed by atoms with Crippen LogP contribution in [0.3, 0.4) is 0 Å². The Kier molecular flexibility index (Phi) is 9.11. The second-order valence-electron chi connectivity index (χ2n) is 6.39. The van der Waals surface area contributed by atoms with Crippen LogP contribution in [0.1, 0.15) is 22.6 Å². The van der Waals surface area contributed by atoms with Crippen LogP contribution in [0.15, 0.2) is 53.6 Å². The summed E-state index contributed by atoms with van der Waals surface area (Å²) in [6.45, 7) is 1.80. The highest BCUT2D eigenvalue weighted by Crippen LogP contribution is 2.45. The van der Waals surface area contributed by atoms with Crippen molar-refractivity contribution in [3.05, 3.63) is 59.7 Å².